The van der Waals surface area contributed by atoms with Gasteiger partial charge >= 0.3 is 0 Å². The van der Waals surface area contributed by atoms with E-state index in [0.717, 1.165) is 21.2 Å². The molecule has 0 unspecified atom stereocenters. The molecule has 0 saturated carbocycles. The predicted molar refractivity (Wildman–Crippen MR) is 127 cm³/mol. The van der Waals surface area contributed by atoms with Gasteiger partial charge in [0.05, 0.1) is 6.42 Å². The average Bonchev–Trinajstić information content (AvgIpc) is 2.77. The largest absolute Gasteiger partial charge is 0.355 e. The first-order valence-electron chi connectivity index (χ1n) is 10.5. The number of nitrogens with one attached hydrogen (secondary N) is 1. The summed E-state index contributed by atoms with van der Waals surface area (Å²) in [6, 6.07) is 26.7. The zero-order valence-corrected chi connectivity index (χ0v) is 19.2. The molecule has 4 nitrogen and oxygen atoms in total. The highest BCUT2D eigenvalue weighted by Gasteiger charge is 2.30. The van der Waals surface area contributed by atoms with Gasteiger partial charge in [-0.1, -0.05) is 88.7 Å². The Balaban J connectivity index is 1.94. The van der Waals surface area contributed by atoms with Crippen LogP contribution in [0.1, 0.15) is 23.6 Å². The topological polar surface area (TPSA) is 49.4 Å². The Morgan fingerprint density at radius 2 is 1.48 bits per heavy atom. The second-order valence-corrected chi connectivity index (χ2v) is 8.33. The second-order valence-electron chi connectivity index (χ2n) is 7.41. The molecule has 1 atom stereocenters. The van der Waals surface area contributed by atoms with Gasteiger partial charge in [-0.3, -0.25) is 9.59 Å². The van der Waals surface area contributed by atoms with E-state index in [2.05, 4.69) is 21.2 Å². The van der Waals surface area contributed by atoms with E-state index in [-0.39, 0.29) is 18.2 Å². The van der Waals surface area contributed by atoms with Gasteiger partial charge in [-0.25, -0.2) is 0 Å². The van der Waals surface area contributed by atoms with Gasteiger partial charge in [0.2, 0.25) is 11.8 Å². The summed E-state index contributed by atoms with van der Waals surface area (Å²) in [4.78, 5) is 28.3. The van der Waals surface area contributed by atoms with Crippen LogP contribution >= 0.6 is 15.9 Å². The van der Waals surface area contributed by atoms with Gasteiger partial charge in [0.15, 0.2) is 0 Å². The molecule has 0 aliphatic rings. The lowest BCUT2D eigenvalue weighted by Crippen LogP contribution is -2.50. The fourth-order valence-corrected chi connectivity index (χ4v) is 4.00. The summed E-state index contributed by atoms with van der Waals surface area (Å²) in [5.41, 5.74) is 2.92. The second kappa shape index (κ2) is 11.5. The van der Waals surface area contributed by atoms with E-state index in [1.165, 1.54) is 0 Å². The Bertz CT molecular complexity index is 993. The van der Waals surface area contributed by atoms with E-state index in [1.807, 2.05) is 91.9 Å². The molecule has 0 aliphatic carbocycles. The van der Waals surface area contributed by atoms with Crippen molar-refractivity contribution >= 4 is 27.7 Å². The number of carbonyl (C=O) groups excluding carboxylic acids is 2. The maximum absolute atomic E-state index is 13.5. The molecule has 31 heavy (non-hydrogen) atoms. The first kappa shape index (κ1) is 22.8. The summed E-state index contributed by atoms with van der Waals surface area (Å²) in [7, 11) is 0. The molecule has 0 fully saturated rings. The van der Waals surface area contributed by atoms with Crippen molar-refractivity contribution in [3.63, 3.8) is 0 Å². The Kier molecular flexibility index (Phi) is 8.42. The van der Waals surface area contributed by atoms with Gasteiger partial charge in [0.1, 0.15) is 6.04 Å². The van der Waals surface area contributed by atoms with E-state index in [4.69, 9.17) is 0 Å². The number of amides is 2. The van der Waals surface area contributed by atoms with Crippen molar-refractivity contribution < 1.29 is 9.59 Å². The summed E-state index contributed by atoms with van der Waals surface area (Å²) >= 11 is 3.50. The summed E-state index contributed by atoms with van der Waals surface area (Å²) in [5, 5.41) is 2.92. The monoisotopic (exact) mass is 478 g/mol. The number of nitrogens with zero attached hydrogens (tertiary/aromatic N) is 1. The van der Waals surface area contributed by atoms with Crippen LogP contribution in [0.25, 0.3) is 0 Å². The fourth-order valence-electron chi connectivity index (χ4n) is 3.55. The maximum Gasteiger partial charge on any atom is 0.243 e. The van der Waals surface area contributed by atoms with Crippen molar-refractivity contribution in [3.8, 4) is 0 Å². The third-order valence-electron chi connectivity index (χ3n) is 5.06. The van der Waals surface area contributed by atoms with Gasteiger partial charge in [-0.05, 0) is 35.7 Å². The Morgan fingerprint density at radius 1 is 0.871 bits per heavy atom. The zero-order valence-electron chi connectivity index (χ0n) is 17.6. The molecule has 3 aromatic rings. The normalized spacial score (nSPS) is 11.5. The van der Waals surface area contributed by atoms with Gasteiger partial charge in [0.25, 0.3) is 0 Å². The van der Waals surface area contributed by atoms with Gasteiger partial charge in [-0.15, -0.1) is 0 Å². The van der Waals surface area contributed by atoms with Crippen LogP contribution < -0.4 is 5.32 Å². The third kappa shape index (κ3) is 6.79. The van der Waals surface area contributed by atoms with Crippen LogP contribution in [0.15, 0.2) is 89.4 Å². The number of hydrogen-bond donors (Lipinski definition) is 1. The van der Waals surface area contributed by atoms with E-state index in [0.29, 0.717) is 19.5 Å². The molecule has 0 bridgehead atoms. The van der Waals surface area contributed by atoms with Gasteiger partial charge in [0, 0.05) is 24.0 Å². The Hall–Kier alpha value is -2.92. The Labute approximate surface area is 192 Å². The number of likely N-dealkylation sites (N-methyl/N-ethyl adjacent to an activating group) is 1. The van der Waals surface area contributed by atoms with Crippen molar-refractivity contribution in [3.05, 3.63) is 106 Å². The standard InChI is InChI=1S/C26H27BrN2O2/c1-2-28-26(31)24(17-20-10-5-3-6-11-20)29(19-22-14-9-15-23(27)16-22)25(30)18-21-12-7-4-8-13-21/h3-16,24H,2,17-19H2,1H3,(H,28,31)/t24-/m0/s1. The molecule has 0 saturated heterocycles. The maximum atomic E-state index is 13.5. The highest BCUT2D eigenvalue weighted by atomic mass is 79.9. The van der Waals surface area contributed by atoms with Crippen LogP contribution in [0.2, 0.25) is 0 Å². The molecule has 0 radical (unpaired) electrons. The Morgan fingerprint density at radius 3 is 2.10 bits per heavy atom. The van der Waals surface area contributed by atoms with Crippen LogP contribution in [-0.2, 0) is 29.0 Å². The average molecular weight is 479 g/mol. The van der Waals surface area contributed by atoms with Crippen LogP contribution in [0, 0.1) is 0 Å². The lowest BCUT2D eigenvalue weighted by Gasteiger charge is -2.31. The van der Waals surface area contributed by atoms with Crippen LogP contribution in [-0.4, -0.2) is 29.3 Å². The summed E-state index contributed by atoms with van der Waals surface area (Å²) in [6.07, 6.45) is 0.709. The van der Waals surface area contributed by atoms with E-state index >= 15 is 0 Å². The smallest absolute Gasteiger partial charge is 0.243 e. The molecule has 3 aromatic carbocycles. The first-order chi connectivity index (χ1) is 15.1. The highest BCUT2D eigenvalue weighted by molar-refractivity contribution is 9.10. The minimum atomic E-state index is -0.599. The lowest BCUT2D eigenvalue weighted by atomic mass is 10.0. The van der Waals surface area contributed by atoms with Crippen molar-refractivity contribution in [2.75, 3.05) is 6.54 Å². The van der Waals surface area contributed by atoms with Crippen LogP contribution in [0.4, 0.5) is 0 Å². The minimum absolute atomic E-state index is 0.0710. The molecule has 160 valence electrons. The summed E-state index contributed by atoms with van der Waals surface area (Å²) in [6.45, 7) is 2.77. The summed E-state index contributed by atoms with van der Waals surface area (Å²) < 4.78 is 0.943. The van der Waals surface area contributed by atoms with Crippen molar-refractivity contribution in [1.82, 2.24) is 10.2 Å². The van der Waals surface area contributed by atoms with Crippen molar-refractivity contribution in [1.29, 1.82) is 0 Å². The molecular formula is C26H27BrN2O2. The number of hydrogen-bond acceptors (Lipinski definition) is 2. The first-order valence-corrected chi connectivity index (χ1v) is 11.3. The lowest BCUT2D eigenvalue weighted by molar-refractivity contribution is -0.140. The highest BCUT2D eigenvalue weighted by Crippen LogP contribution is 2.19. The van der Waals surface area contributed by atoms with Crippen molar-refractivity contribution in [2.24, 2.45) is 0 Å². The van der Waals surface area contributed by atoms with E-state index in [1.54, 1.807) is 4.90 Å². The molecule has 0 spiro atoms. The third-order valence-corrected chi connectivity index (χ3v) is 5.56. The molecule has 5 heteroatoms. The number of halogens is 1. The minimum Gasteiger partial charge on any atom is -0.355 e. The molecular weight excluding hydrogens is 452 g/mol. The molecule has 0 heterocycles. The van der Waals surface area contributed by atoms with Gasteiger partial charge < -0.3 is 10.2 Å². The fraction of sp³-hybridized carbons (Fsp3) is 0.231. The number of carbonyl (C=O) groups is 2. The van der Waals surface area contributed by atoms with E-state index in [9.17, 15) is 9.59 Å². The van der Waals surface area contributed by atoms with Gasteiger partial charge in [-0.2, -0.15) is 0 Å². The summed E-state index contributed by atoms with van der Waals surface area (Å²) in [5.74, 6) is -0.207. The van der Waals surface area contributed by atoms with Crippen LogP contribution in [0.5, 0.6) is 0 Å². The molecule has 2 amide bonds. The number of rotatable bonds is 9. The van der Waals surface area contributed by atoms with Crippen molar-refractivity contribution in [2.45, 2.75) is 32.4 Å². The van der Waals surface area contributed by atoms with E-state index < -0.39 is 6.04 Å². The molecule has 0 aliphatic heterocycles. The molecule has 3 rings (SSSR count). The van der Waals surface area contributed by atoms with Crippen LogP contribution in [0.3, 0.4) is 0 Å². The predicted octanol–water partition coefficient (Wildman–Crippen LogP) is 4.77. The quantitative estimate of drug-likeness (QED) is 0.481. The zero-order chi connectivity index (χ0) is 22.1. The molecule has 1 N–H and O–H groups in total. The number of benzene rings is 3. The SMILES string of the molecule is CCNC(=O)[C@H](Cc1ccccc1)N(Cc1cccc(Br)c1)C(=O)Cc1ccccc1. The molecule has 0 aromatic heterocycles.